The molecule has 1 atom stereocenters. The third-order valence-electron chi connectivity index (χ3n) is 4.68. The molecule has 1 saturated carbocycles. The lowest BCUT2D eigenvalue weighted by Gasteiger charge is -2.38. The van der Waals surface area contributed by atoms with Crippen LogP contribution in [0.4, 0.5) is 0 Å². The first-order valence-corrected chi connectivity index (χ1v) is 7.68. The van der Waals surface area contributed by atoms with Gasteiger partial charge in [-0.05, 0) is 31.0 Å². The third-order valence-corrected chi connectivity index (χ3v) is 4.68. The van der Waals surface area contributed by atoms with Crippen LogP contribution in [0.1, 0.15) is 49.8 Å². The molecule has 1 aliphatic carbocycles. The second-order valence-corrected chi connectivity index (χ2v) is 5.78. The second-order valence-electron chi connectivity index (χ2n) is 5.78. The molecule has 0 bridgehead atoms. The van der Waals surface area contributed by atoms with E-state index in [9.17, 15) is 0 Å². The molecule has 20 heavy (non-hydrogen) atoms. The summed E-state index contributed by atoms with van der Waals surface area (Å²) in [6.45, 7) is 3.16. The fourth-order valence-corrected chi connectivity index (χ4v) is 3.80. The summed E-state index contributed by atoms with van der Waals surface area (Å²) in [5, 5.41) is 3.71. The molecule has 0 spiro atoms. The van der Waals surface area contributed by atoms with E-state index < -0.39 is 0 Å². The lowest BCUT2D eigenvalue weighted by molar-refractivity contribution is 0.303. The smallest absolute Gasteiger partial charge is 0.0950 e. The molecule has 2 heteroatoms. The molecule has 106 valence electrons. The van der Waals surface area contributed by atoms with Gasteiger partial charge >= 0.3 is 0 Å². The minimum absolute atomic E-state index is 0.209. The van der Waals surface area contributed by atoms with Gasteiger partial charge in [0.25, 0.3) is 0 Å². The topological polar surface area (TPSA) is 25.2 Å². The van der Waals surface area contributed by atoms with Gasteiger partial charge in [-0.15, -0.1) is 0 Å². The number of rotatable bonds is 5. The highest BCUT2D eigenvalue weighted by molar-refractivity contribution is 5.33. The molecule has 1 aromatic heterocycles. The maximum atomic E-state index is 5.34. The Morgan fingerprint density at radius 3 is 2.50 bits per heavy atom. The molecular formula is C18H23NO. The third kappa shape index (κ3) is 2.29. The largest absolute Gasteiger partial charge is 0.472 e. The first-order chi connectivity index (χ1) is 9.87. The SMILES string of the molecule is CCNC(c1ccoc1)C1(c2ccccc2)CCCC1. The van der Waals surface area contributed by atoms with Crippen molar-refractivity contribution >= 4 is 0 Å². The Balaban J connectivity index is 2.04. The summed E-state index contributed by atoms with van der Waals surface area (Å²) in [6, 6.07) is 13.5. The molecule has 1 aromatic carbocycles. The van der Waals surface area contributed by atoms with Crippen molar-refractivity contribution in [1.82, 2.24) is 5.32 Å². The summed E-state index contributed by atoms with van der Waals surface area (Å²) in [4.78, 5) is 0. The molecule has 0 radical (unpaired) electrons. The van der Waals surface area contributed by atoms with Crippen LogP contribution in [0.25, 0.3) is 0 Å². The minimum Gasteiger partial charge on any atom is -0.472 e. The van der Waals surface area contributed by atoms with E-state index in [4.69, 9.17) is 4.42 Å². The number of nitrogens with one attached hydrogen (secondary N) is 1. The Bertz CT molecular complexity index is 512. The van der Waals surface area contributed by atoms with E-state index in [0.717, 1.165) is 6.54 Å². The summed E-state index contributed by atoms with van der Waals surface area (Å²) in [5.41, 5.74) is 2.95. The maximum Gasteiger partial charge on any atom is 0.0950 e. The molecule has 2 nitrogen and oxygen atoms in total. The molecule has 1 unspecified atom stereocenters. The van der Waals surface area contributed by atoms with Crippen molar-refractivity contribution < 1.29 is 4.42 Å². The minimum atomic E-state index is 0.209. The highest BCUT2D eigenvalue weighted by atomic mass is 16.3. The Labute approximate surface area is 121 Å². The average molecular weight is 269 g/mol. The number of furan rings is 1. The summed E-state index contributed by atoms with van der Waals surface area (Å²) >= 11 is 0. The van der Waals surface area contributed by atoms with Crippen molar-refractivity contribution in [2.75, 3.05) is 6.54 Å². The van der Waals surface area contributed by atoms with Gasteiger partial charge in [-0.3, -0.25) is 0 Å². The van der Waals surface area contributed by atoms with E-state index in [1.54, 1.807) is 6.26 Å². The Kier molecular flexibility index (Phi) is 3.93. The first kappa shape index (κ1) is 13.4. The second kappa shape index (κ2) is 5.84. The first-order valence-electron chi connectivity index (χ1n) is 7.68. The van der Waals surface area contributed by atoms with E-state index in [1.807, 2.05) is 6.26 Å². The summed E-state index contributed by atoms with van der Waals surface area (Å²) < 4.78 is 5.34. The van der Waals surface area contributed by atoms with Crippen molar-refractivity contribution in [3.05, 3.63) is 60.1 Å². The van der Waals surface area contributed by atoms with Crippen LogP contribution < -0.4 is 5.32 Å². The summed E-state index contributed by atoms with van der Waals surface area (Å²) in [7, 11) is 0. The van der Waals surface area contributed by atoms with Gasteiger partial charge in [0.2, 0.25) is 0 Å². The van der Waals surface area contributed by atoms with Gasteiger partial charge in [0, 0.05) is 17.0 Å². The van der Waals surface area contributed by atoms with Gasteiger partial charge in [-0.2, -0.15) is 0 Å². The van der Waals surface area contributed by atoms with Gasteiger partial charge in [-0.25, -0.2) is 0 Å². The van der Waals surface area contributed by atoms with Gasteiger partial charge in [0.15, 0.2) is 0 Å². The highest BCUT2D eigenvalue weighted by Crippen LogP contribution is 2.49. The molecule has 1 fully saturated rings. The monoisotopic (exact) mass is 269 g/mol. The molecule has 1 heterocycles. The van der Waals surface area contributed by atoms with Gasteiger partial charge in [-0.1, -0.05) is 50.1 Å². The van der Waals surface area contributed by atoms with Gasteiger partial charge in [0.1, 0.15) is 0 Å². The number of hydrogen-bond donors (Lipinski definition) is 1. The normalized spacial score (nSPS) is 19.1. The standard InChI is InChI=1S/C18H23NO/c1-2-19-17(15-10-13-20-14-15)18(11-6-7-12-18)16-8-4-3-5-9-16/h3-5,8-10,13-14,17,19H,2,6-7,11-12H2,1H3. The van der Waals surface area contributed by atoms with Crippen molar-refractivity contribution in [2.45, 2.75) is 44.1 Å². The quantitative estimate of drug-likeness (QED) is 0.868. The van der Waals surface area contributed by atoms with Crippen molar-refractivity contribution in [3.8, 4) is 0 Å². The van der Waals surface area contributed by atoms with Crippen LogP contribution in [-0.2, 0) is 5.41 Å². The van der Waals surface area contributed by atoms with E-state index in [0.29, 0.717) is 6.04 Å². The predicted molar refractivity (Wildman–Crippen MR) is 81.7 cm³/mol. The van der Waals surface area contributed by atoms with Crippen LogP contribution in [-0.4, -0.2) is 6.54 Å². The van der Waals surface area contributed by atoms with Crippen LogP contribution >= 0.6 is 0 Å². The summed E-state index contributed by atoms with van der Waals surface area (Å²) in [6.07, 6.45) is 8.81. The lowest BCUT2D eigenvalue weighted by Crippen LogP contribution is -2.39. The maximum absolute atomic E-state index is 5.34. The van der Waals surface area contributed by atoms with Crippen molar-refractivity contribution in [2.24, 2.45) is 0 Å². The zero-order valence-corrected chi connectivity index (χ0v) is 12.1. The Morgan fingerprint density at radius 1 is 1.15 bits per heavy atom. The molecule has 0 aliphatic heterocycles. The number of benzene rings is 1. The lowest BCUT2D eigenvalue weighted by atomic mass is 9.70. The van der Waals surface area contributed by atoms with Crippen LogP contribution in [0.15, 0.2) is 53.3 Å². The average Bonchev–Trinajstić information content (AvgIpc) is 3.18. The van der Waals surface area contributed by atoms with E-state index in [1.165, 1.54) is 36.8 Å². The van der Waals surface area contributed by atoms with Crippen LogP contribution in [0.5, 0.6) is 0 Å². The molecule has 0 saturated heterocycles. The Hall–Kier alpha value is -1.54. The Morgan fingerprint density at radius 2 is 1.90 bits per heavy atom. The molecule has 3 rings (SSSR count). The van der Waals surface area contributed by atoms with Crippen LogP contribution in [0.3, 0.4) is 0 Å². The van der Waals surface area contributed by atoms with Crippen LogP contribution in [0.2, 0.25) is 0 Å². The molecular weight excluding hydrogens is 246 g/mol. The van der Waals surface area contributed by atoms with Gasteiger partial charge < -0.3 is 9.73 Å². The molecule has 0 amide bonds. The molecule has 2 aromatic rings. The summed E-state index contributed by atoms with van der Waals surface area (Å²) in [5.74, 6) is 0. The molecule has 1 N–H and O–H groups in total. The van der Waals surface area contributed by atoms with Crippen LogP contribution in [0, 0.1) is 0 Å². The van der Waals surface area contributed by atoms with Crippen molar-refractivity contribution in [1.29, 1.82) is 0 Å². The number of hydrogen-bond acceptors (Lipinski definition) is 2. The van der Waals surface area contributed by atoms with Crippen molar-refractivity contribution in [3.63, 3.8) is 0 Å². The van der Waals surface area contributed by atoms with Gasteiger partial charge in [0.05, 0.1) is 12.5 Å². The van der Waals surface area contributed by atoms with E-state index in [-0.39, 0.29) is 5.41 Å². The predicted octanol–water partition coefficient (Wildman–Crippen LogP) is 4.44. The molecule has 1 aliphatic rings. The highest BCUT2D eigenvalue weighted by Gasteiger charge is 2.43. The zero-order chi connectivity index (χ0) is 13.8. The van der Waals surface area contributed by atoms with E-state index in [2.05, 4.69) is 48.6 Å². The zero-order valence-electron chi connectivity index (χ0n) is 12.1. The fourth-order valence-electron chi connectivity index (χ4n) is 3.80. The van der Waals surface area contributed by atoms with E-state index >= 15 is 0 Å². The number of likely N-dealkylation sites (N-methyl/N-ethyl adjacent to an activating group) is 1. The fraction of sp³-hybridized carbons (Fsp3) is 0.444.